The van der Waals surface area contributed by atoms with Gasteiger partial charge in [-0.15, -0.1) is 22.6 Å². The summed E-state index contributed by atoms with van der Waals surface area (Å²) in [5, 5.41) is 11.8. The van der Waals surface area contributed by atoms with Gasteiger partial charge in [0, 0.05) is 6.20 Å². The number of fused-ring (bicyclic) bond motifs is 1. The standard InChI is InChI=1S/C10H10N6O.ClH/c1-6-12-10(17-15-6)7-3-2-4-16-8(5-11)13-14-9(7)16;/h2-4H,5,11H2,1H3;1H. The second-order valence-electron chi connectivity index (χ2n) is 3.58. The molecule has 7 nitrogen and oxygen atoms in total. The highest BCUT2D eigenvalue weighted by atomic mass is 35.5. The predicted octanol–water partition coefficient (Wildman–Crippen LogP) is 0.968. The molecular weight excluding hydrogens is 256 g/mol. The van der Waals surface area contributed by atoms with E-state index in [1.165, 1.54) is 0 Å². The zero-order chi connectivity index (χ0) is 11.8. The minimum absolute atomic E-state index is 0. The molecule has 0 aliphatic heterocycles. The third-order valence-electron chi connectivity index (χ3n) is 2.45. The van der Waals surface area contributed by atoms with Gasteiger partial charge in [-0.25, -0.2) is 0 Å². The summed E-state index contributed by atoms with van der Waals surface area (Å²) in [5.41, 5.74) is 6.99. The average Bonchev–Trinajstić information content (AvgIpc) is 2.94. The first kappa shape index (κ1) is 12.5. The summed E-state index contributed by atoms with van der Waals surface area (Å²) in [7, 11) is 0. The molecule has 0 spiro atoms. The number of nitrogens with two attached hydrogens (primary N) is 1. The van der Waals surface area contributed by atoms with Gasteiger partial charge in [0.1, 0.15) is 0 Å². The topological polar surface area (TPSA) is 95.1 Å². The summed E-state index contributed by atoms with van der Waals surface area (Å²) in [6.45, 7) is 2.09. The van der Waals surface area contributed by atoms with Crippen molar-refractivity contribution in [3.05, 3.63) is 30.0 Å². The first-order chi connectivity index (χ1) is 8.29. The Bertz CT molecular complexity index is 676. The Morgan fingerprint density at radius 3 is 2.89 bits per heavy atom. The number of pyridine rings is 1. The highest BCUT2D eigenvalue weighted by Gasteiger charge is 2.14. The van der Waals surface area contributed by atoms with Crippen molar-refractivity contribution >= 4 is 18.1 Å². The van der Waals surface area contributed by atoms with Crippen LogP contribution < -0.4 is 5.73 Å². The normalized spacial score (nSPS) is 10.6. The molecule has 0 fully saturated rings. The molecule has 0 aliphatic carbocycles. The molecule has 0 unspecified atom stereocenters. The van der Waals surface area contributed by atoms with Crippen LogP contribution in [-0.2, 0) is 6.54 Å². The van der Waals surface area contributed by atoms with Gasteiger partial charge in [0.25, 0.3) is 5.89 Å². The summed E-state index contributed by atoms with van der Waals surface area (Å²) in [5.74, 6) is 1.71. The van der Waals surface area contributed by atoms with Gasteiger partial charge in [0.15, 0.2) is 17.3 Å². The van der Waals surface area contributed by atoms with Gasteiger partial charge in [0.05, 0.1) is 12.1 Å². The van der Waals surface area contributed by atoms with Crippen LogP contribution in [0.25, 0.3) is 17.1 Å². The van der Waals surface area contributed by atoms with Crippen LogP contribution in [-0.4, -0.2) is 24.7 Å². The fourth-order valence-electron chi connectivity index (χ4n) is 1.68. The second kappa shape index (κ2) is 4.71. The lowest BCUT2D eigenvalue weighted by Crippen LogP contribution is -2.02. The first-order valence-corrected chi connectivity index (χ1v) is 5.13. The van der Waals surface area contributed by atoms with Crippen molar-refractivity contribution in [2.75, 3.05) is 0 Å². The quantitative estimate of drug-likeness (QED) is 0.742. The molecule has 0 saturated heterocycles. The minimum Gasteiger partial charge on any atom is -0.334 e. The molecule has 2 N–H and O–H groups in total. The molecule has 8 heteroatoms. The van der Waals surface area contributed by atoms with Gasteiger partial charge in [-0.2, -0.15) is 4.98 Å². The molecule has 0 saturated carbocycles. The Balaban J connectivity index is 0.00000120. The van der Waals surface area contributed by atoms with Crippen LogP contribution in [0.3, 0.4) is 0 Å². The first-order valence-electron chi connectivity index (χ1n) is 5.13. The number of hydrogen-bond donors (Lipinski definition) is 1. The molecule has 0 aromatic carbocycles. The molecule has 3 heterocycles. The molecule has 18 heavy (non-hydrogen) atoms. The maximum Gasteiger partial charge on any atom is 0.261 e. The maximum atomic E-state index is 5.58. The van der Waals surface area contributed by atoms with E-state index in [-0.39, 0.29) is 12.4 Å². The van der Waals surface area contributed by atoms with E-state index in [9.17, 15) is 0 Å². The van der Waals surface area contributed by atoms with Gasteiger partial charge >= 0.3 is 0 Å². The van der Waals surface area contributed by atoms with Crippen molar-refractivity contribution in [2.45, 2.75) is 13.5 Å². The van der Waals surface area contributed by atoms with Crippen molar-refractivity contribution in [1.29, 1.82) is 0 Å². The van der Waals surface area contributed by atoms with Crippen LogP contribution in [0.5, 0.6) is 0 Å². The van der Waals surface area contributed by atoms with Crippen LogP contribution in [0, 0.1) is 6.92 Å². The molecule has 0 aliphatic rings. The largest absolute Gasteiger partial charge is 0.334 e. The van der Waals surface area contributed by atoms with Gasteiger partial charge < -0.3 is 10.3 Å². The maximum absolute atomic E-state index is 5.58. The highest BCUT2D eigenvalue weighted by molar-refractivity contribution is 5.85. The lowest BCUT2D eigenvalue weighted by Gasteiger charge is -1.98. The summed E-state index contributed by atoms with van der Waals surface area (Å²) in [6, 6.07) is 3.72. The number of rotatable bonds is 2. The Morgan fingerprint density at radius 1 is 1.39 bits per heavy atom. The van der Waals surface area contributed by atoms with Crippen LogP contribution >= 0.6 is 12.4 Å². The van der Waals surface area contributed by atoms with Gasteiger partial charge in [-0.1, -0.05) is 5.16 Å². The molecule has 94 valence electrons. The zero-order valence-corrected chi connectivity index (χ0v) is 10.4. The Morgan fingerprint density at radius 2 is 2.22 bits per heavy atom. The average molecular weight is 267 g/mol. The van der Waals surface area contributed by atoms with E-state index in [0.717, 1.165) is 5.56 Å². The third-order valence-corrected chi connectivity index (χ3v) is 2.45. The van der Waals surface area contributed by atoms with Crippen molar-refractivity contribution < 1.29 is 4.52 Å². The fourth-order valence-corrected chi connectivity index (χ4v) is 1.68. The van der Waals surface area contributed by atoms with E-state index >= 15 is 0 Å². The van der Waals surface area contributed by atoms with Crippen LogP contribution in [0.4, 0.5) is 0 Å². The van der Waals surface area contributed by atoms with E-state index in [0.29, 0.717) is 29.7 Å². The SMILES string of the molecule is Cc1noc(-c2cccn3c(CN)nnc23)n1.Cl. The van der Waals surface area contributed by atoms with Crippen LogP contribution in [0.2, 0.25) is 0 Å². The zero-order valence-electron chi connectivity index (χ0n) is 9.57. The Hall–Kier alpha value is -1.99. The number of halogens is 1. The number of aryl methyl sites for hydroxylation is 1. The van der Waals surface area contributed by atoms with Crippen LogP contribution in [0.15, 0.2) is 22.9 Å². The molecule has 0 bridgehead atoms. The predicted molar refractivity (Wildman–Crippen MR) is 66.2 cm³/mol. The van der Waals surface area contributed by atoms with E-state index in [2.05, 4.69) is 20.3 Å². The molecule has 3 rings (SSSR count). The van der Waals surface area contributed by atoms with Gasteiger partial charge in [-0.05, 0) is 19.1 Å². The monoisotopic (exact) mass is 266 g/mol. The van der Waals surface area contributed by atoms with E-state index in [4.69, 9.17) is 10.3 Å². The number of nitrogens with zero attached hydrogens (tertiary/aromatic N) is 5. The lowest BCUT2D eigenvalue weighted by atomic mass is 10.2. The third kappa shape index (κ3) is 1.83. The summed E-state index contributed by atoms with van der Waals surface area (Å²) >= 11 is 0. The minimum atomic E-state index is 0. The number of hydrogen-bond acceptors (Lipinski definition) is 6. The highest BCUT2D eigenvalue weighted by Crippen LogP contribution is 2.21. The Kier molecular flexibility index (Phi) is 3.26. The summed E-state index contributed by atoms with van der Waals surface area (Å²) in [4.78, 5) is 4.18. The Labute approximate surface area is 108 Å². The molecule has 0 atom stereocenters. The van der Waals surface area contributed by atoms with Crippen molar-refractivity contribution in [3.8, 4) is 11.5 Å². The smallest absolute Gasteiger partial charge is 0.261 e. The van der Waals surface area contributed by atoms with Crippen molar-refractivity contribution in [3.63, 3.8) is 0 Å². The van der Waals surface area contributed by atoms with Gasteiger partial charge in [0.2, 0.25) is 0 Å². The van der Waals surface area contributed by atoms with E-state index in [1.807, 2.05) is 22.7 Å². The number of aromatic nitrogens is 5. The molecule has 3 aromatic heterocycles. The van der Waals surface area contributed by atoms with Crippen molar-refractivity contribution in [2.24, 2.45) is 5.73 Å². The second-order valence-corrected chi connectivity index (χ2v) is 3.58. The van der Waals surface area contributed by atoms with Gasteiger partial charge in [-0.3, -0.25) is 4.40 Å². The van der Waals surface area contributed by atoms with Crippen LogP contribution in [0.1, 0.15) is 11.6 Å². The van der Waals surface area contributed by atoms with E-state index in [1.54, 1.807) is 6.92 Å². The molecule has 0 radical (unpaired) electrons. The van der Waals surface area contributed by atoms with E-state index < -0.39 is 0 Å². The lowest BCUT2D eigenvalue weighted by molar-refractivity contribution is 0.426. The molecule has 3 aromatic rings. The molecule has 0 amide bonds. The molecular formula is C10H11ClN6O. The van der Waals surface area contributed by atoms with Crippen molar-refractivity contribution in [1.82, 2.24) is 24.7 Å². The summed E-state index contributed by atoms with van der Waals surface area (Å²) < 4.78 is 6.94. The fraction of sp³-hybridized carbons (Fsp3) is 0.200. The summed E-state index contributed by atoms with van der Waals surface area (Å²) in [6.07, 6.45) is 1.85.